The lowest BCUT2D eigenvalue weighted by Gasteiger charge is -2.12. The molecule has 1 saturated heterocycles. The first-order valence-electron chi connectivity index (χ1n) is 5.56. The van der Waals surface area contributed by atoms with Crippen molar-refractivity contribution in [3.8, 4) is 0 Å². The van der Waals surface area contributed by atoms with Crippen molar-refractivity contribution in [3.05, 3.63) is 36.5 Å². The standard InChI is InChI=1S/C13H15NO4/c1-4-6-10-9(3)12(16)14(13(10)17)7-8-18-11(15)5-2/h4,6H,1,3,5,7-8H2,2H3/b10-6+. The van der Waals surface area contributed by atoms with E-state index >= 15 is 0 Å². The molecule has 0 atom stereocenters. The van der Waals surface area contributed by atoms with Gasteiger partial charge < -0.3 is 4.74 Å². The van der Waals surface area contributed by atoms with Crippen LogP contribution in [0.4, 0.5) is 0 Å². The molecule has 1 aliphatic heterocycles. The third-order valence-electron chi connectivity index (χ3n) is 2.46. The Bertz CT molecular complexity index is 448. The molecular weight excluding hydrogens is 234 g/mol. The normalized spacial score (nSPS) is 17.5. The average molecular weight is 249 g/mol. The number of likely N-dealkylation sites (tertiary alicyclic amines) is 1. The summed E-state index contributed by atoms with van der Waals surface area (Å²) in [5, 5.41) is 0. The van der Waals surface area contributed by atoms with E-state index < -0.39 is 11.8 Å². The van der Waals surface area contributed by atoms with Crippen molar-refractivity contribution < 1.29 is 19.1 Å². The molecule has 1 rings (SSSR count). The number of esters is 1. The van der Waals surface area contributed by atoms with Gasteiger partial charge in [0.25, 0.3) is 11.8 Å². The second-order valence-electron chi connectivity index (χ2n) is 3.63. The van der Waals surface area contributed by atoms with Crippen LogP contribution in [0.25, 0.3) is 0 Å². The zero-order chi connectivity index (χ0) is 13.7. The summed E-state index contributed by atoms with van der Waals surface area (Å²) in [4.78, 5) is 35.5. The number of hydrogen-bond donors (Lipinski definition) is 0. The fraction of sp³-hybridized carbons (Fsp3) is 0.308. The zero-order valence-corrected chi connectivity index (χ0v) is 10.3. The van der Waals surface area contributed by atoms with Crippen LogP contribution in [0, 0.1) is 0 Å². The molecule has 0 aromatic carbocycles. The quantitative estimate of drug-likeness (QED) is 0.414. The molecule has 0 bridgehead atoms. The second-order valence-corrected chi connectivity index (χ2v) is 3.63. The van der Waals surface area contributed by atoms with Gasteiger partial charge in [0.15, 0.2) is 0 Å². The van der Waals surface area contributed by atoms with E-state index in [-0.39, 0.29) is 36.7 Å². The Balaban J connectivity index is 2.68. The molecule has 0 radical (unpaired) electrons. The first kappa shape index (κ1) is 13.9. The first-order valence-corrected chi connectivity index (χ1v) is 5.56. The molecule has 0 aromatic heterocycles. The molecular formula is C13H15NO4. The van der Waals surface area contributed by atoms with Crippen LogP contribution in [0.15, 0.2) is 36.5 Å². The maximum Gasteiger partial charge on any atom is 0.305 e. The van der Waals surface area contributed by atoms with Crippen LogP contribution < -0.4 is 0 Å². The SMILES string of the molecule is C=C/C=C1\C(=C)C(=O)N(CCOC(=O)CC)C1=O. The average Bonchev–Trinajstić information content (AvgIpc) is 2.56. The van der Waals surface area contributed by atoms with Crippen molar-refractivity contribution >= 4 is 17.8 Å². The number of carbonyl (C=O) groups excluding carboxylic acids is 3. The molecule has 2 amide bonds. The highest BCUT2D eigenvalue weighted by molar-refractivity contribution is 6.24. The maximum absolute atomic E-state index is 11.8. The number of carbonyl (C=O) groups is 3. The Morgan fingerprint density at radius 2 is 2.06 bits per heavy atom. The van der Waals surface area contributed by atoms with Crippen LogP contribution >= 0.6 is 0 Å². The van der Waals surface area contributed by atoms with Crippen LogP contribution in [-0.2, 0) is 19.1 Å². The first-order chi connectivity index (χ1) is 8.52. The van der Waals surface area contributed by atoms with Gasteiger partial charge in [-0.15, -0.1) is 0 Å². The van der Waals surface area contributed by atoms with Gasteiger partial charge in [0.2, 0.25) is 0 Å². The summed E-state index contributed by atoms with van der Waals surface area (Å²) in [5.41, 5.74) is 0.374. The van der Waals surface area contributed by atoms with Crippen LogP contribution in [0.1, 0.15) is 13.3 Å². The lowest BCUT2D eigenvalue weighted by atomic mass is 10.1. The number of imide groups is 1. The molecule has 1 heterocycles. The number of ether oxygens (including phenoxy) is 1. The molecule has 18 heavy (non-hydrogen) atoms. The molecule has 1 fully saturated rings. The van der Waals surface area contributed by atoms with Crippen molar-refractivity contribution in [3.63, 3.8) is 0 Å². The largest absolute Gasteiger partial charge is 0.464 e. The van der Waals surface area contributed by atoms with Crippen LogP contribution in [0.3, 0.4) is 0 Å². The minimum atomic E-state index is -0.458. The molecule has 0 aliphatic carbocycles. The lowest BCUT2D eigenvalue weighted by molar-refractivity contribution is -0.147. The minimum absolute atomic E-state index is 0.00119. The molecule has 0 N–H and O–H groups in total. The Labute approximate surface area is 105 Å². The highest BCUT2D eigenvalue weighted by Crippen LogP contribution is 2.23. The lowest BCUT2D eigenvalue weighted by Crippen LogP contribution is -2.33. The number of amides is 2. The van der Waals surface area contributed by atoms with Gasteiger partial charge in [-0.05, 0) is 6.08 Å². The number of rotatable bonds is 5. The van der Waals surface area contributed by atoms with Crippen molar-refractivity contribution in [1.82, 2.24) is 4.90 Å². The van der Waals surface area contributed by atoms with Crippen LogP contribution in [0.2, 0.25) is 0 Å². The third-order valence-corrected chi connectivity index (χ3v) is 2.46. The fourth-order valence-electron chi connectivity index (χ4n) is 1.49. The zero-order valence-electron chi connectivity index (χ0n) is 10.3. The number of hydrogen-bond acceptors (Lipinski definition) is 4. The van der Waals surface area contributed by atoms with Crippen molar-refractivity contribution in [2.45, 2.75) is 13.3 Å². The second kappa shape index (κ2) is 5.95. The molecule has 96 valence electrons. The van der Waals surface area contributed by atoms with E-state index in [1.165, 1.54) is 12.2 Å². The van der Waals surface area contributed by atoms with E-state index in [9.17, 15) is 14.4 Å². The molecule has 0 unspecified atom stereocenters. The van der Waals surface area contributed by atoms with Gasteiger partial charge in [-0.1, -0.05) is 26.2 Å². The van der Waals surface area contributed by atoms with E-state index in [1.54, 1.807) is 6.92 Å². The fourth-order valence-corrected chi connectivity index (χ4v) is 1.49. The summed E-state index contributed by atoms with van der Waals surface area (Å²) in [6, 6.07) is 0. The predicted molar refractivity (Wildman–Crippen MR) is 65.4 cm³/mol. The highest BCUT2D eigenvalue weighted by atomic mass is 16.5. The molecule has 0 spiro atoms. The topological polar surface area (TPSA) is 63.7 Å². The van der Waals surface area contributed by atoms with E-state index in [1.807, 2.05) is 0 Å². The Kier molecular flexibility index (Phi) is 4.59. The molecule has 0 aromatic rings. The minimum Gasteiger partial charge on any atom is -0.464 e. The Morgan fingerprint density at radius 1 is 1.39 bits per heavy atom. The smallest absolute Gasteiger partial charge is 0.305 e. The van der Waals surface area contributed by atoms with E-state index in [4.69, 9.17) is 4.74 Å². The summed E-state index contributed by atoms with van der Waals surface area (Å²) in [7, 11) is 0. The van der Waals surface area contributed by atoms with Gasteiger partial charge in [0.1, 0.15) is 6.61 Å². The summed E-state index contributed by atoms with van der Waals surface area (Å²) >= 11 is 0. The Morgan fingerprint density at radius 3 is 2.61 bits per heavy atom. The van der Waals surface area contributed by atoms with Gasteiger partial charge in [0, 0.05) is 12.0 Å². The number of nitrogens with zero attached hydrogens (tertiary/aromatic N) is 1. The highest BCUT2D eigenvalue weighted by Gasteiger charge is 2.36. The summed E-state index contributed by atoms with van der Waals surface area (Å²) in [5.74, 6) is -1.26. The van der Waals surface area contributed by atoms with Gasteiger partial charge in [-0.25, -0.2) is 0 Å². The molecule has 0 saturated carbocycles. The van der Waals surface area contributed by atoms with Gasteiger partial charge in [-0.3, -0.25) is 19.3 Å². The summed E-state index contributed by atoms with van der Waals surface area (Å²) in [6.45, 7) is 8.74. The Hall–Kier alpha value is -2.17. The van der Waals surface area contributed by atoms with E-state index in [0.717, 1.165) is 4.90 Å². The predicted octanol–water partition coefficient (Wildman–Crippen LogP) is 0.977. The summed E-state index contributed by atoms with van der Waals surface area (Å²) in [6.07, 6.45) is 3.13. The third kappa shape index (κ3) is 2.74. The summed E-state index contributed by atoms with van der Waals surface area (Å²) < 4.78 is 4.83. The van der Waals surface area contributed by atoms with Crippen molar-refractivity contribution in [2.75, 3.05) is 13.2 Å². The van der Waals surface area contributed by atoms with Crippen LogP contribution in [0.5, 0.6) is 0 Å². The van der Waals surface area contributed by atoms with Crippen molar-refractivity contribution in [1.29, 1.82) is 0 Å². The van der Waals surface area contributed by atoms with E-state index in [0.29, 0.717) is 0 Å². The molecule has 1 aliphatic rings. The van der Waals surface area contributed by atoms with Gasteiger partial charge in [0.05, 0.1) is 12.1 Å². The monoisotopic (exact) mass is 249 g/mol. The number of allylic oxidation sites excluding steroid dienone is 2. The molecule has 5 heteroatoms. The maximum atomic E-state index is 11.8. The van der Waals surface area contributed by atoms with Gasteiger partial charge in [-0.2, -0.15) is 0 Å². The van der Waals surface area contributed by atoms with Gasteiger partial charge >= 0.3 is 5.97 Å². The van der Waals surface area contributed by atoms with E-state index in [2.05, 4.69) is 13.2 Å². The van der Waals surface area contributed by atoms with Crippen molar-refractivity contribution in [2.24, 2.45) is 0 Å². The molecule has 5 nitrogen and oxygen atoms in total. The van der Waals surface area contributed by atoms with Crippen LogP contribution in [-0.4, -0.2) is 35.8 Å².